The van der Waals surface area contributed by atoms with E-state index in [1.807, 2.05) is 29.2 Å². The third-order valence-corrected chi connectivity index (χ3v) is 3.75. The van der Waals surface area contributed by atoms with E-state index in [4.69, 9.17) is 10.8 Å². The Bertz CT molecular complexity index is 432. The molecule has 1 aliphatic heterocycles. The SMILES string of the molecule is NCc1cccc(C(=O)N2CCCC(CCO)C2)c1. The standard InChI is InChI=1S/C15H22N2O2/c16-10-13-3-1-5-14(9-13)15(19)17-7-2-4-12(11-17)6-8-18/h1,3,5,9,12,18H,2,4,6-8,10-11,16H2. The summed E-state index contributed by atoms with van der Waals surface area (Å²) in [7, 11) is 0. The van der Waals surface area contributed by atoms with Gasteiger partial charge in [0.15, 0.2) is 0 Å². The Morgan fingerprint density at radius 3 is 3.05 bits per heavy atom. The lowest BCUT2D eigenvalue weighted by Gasteiger charge is -2.32. The van der Waals surface area contributed by atoms with E-state index in [2.05, 4.69) is 0 Å². The van der Waals surface area contributed by atoms with Crippen LogP contribution in [0.25, 0.3) is 0 Å². The van der Waals surface area contributed by atoms with Crippen LogP contribution in [0.1, 0.15) is 35.2 Å². The van der Waals surface area contributed by atoms with Gasteiger partial charge in [0.1, 0.15) is 0 Å². The molecule has 0 spiro atoms. The molecule has 0 bridgehead atoms. The van der Waals surface area contributed by atoms with E-state index in [0.29, 0.717) is 18.0 Å². The number of piperidine rings is 1. The second-order valence-electron chi connectivity index (χ2n) is 5.18. The highest BCUT2D eigenvalue weighted by Gasteiger charge is 2.24. The Morgan fingerprint density at radius 2 is 2.32 bits per heavy atom. The molecule has 1 fully saturated rings. The van der Waals surface area contributed by atoms with E-state index >= 15 is 0 Å². The van der Waals surface area contributed by atoms with E-state index in [1.54, 1.807) is 0 Å². The fourth-order valence-electron chi connectivity index (χ4n) is 2.68. The highest BCUT2D eigenvalue weighted by molar-refractivity contribution is 5.94. The van der Waals surface area contributed by atoms with Gasteiger partial charge in [-0.2, -0.15) is 0 Å². The first-order valence-corrected chi connectivity index (χ1v) is 6.93. The number of aliphatic hydroxyl groups is 1. The van der Waals surface area contributed by atoms with Crippen molar-refractivity contribution in [3.05, 3.63) is 35.4 Å². The van der Waals surface area contributed by atoms with E-state index in [0.717, 1.165) is 37.9 Å². The molecule has 19 heavy (non-hydrogen) atoms. The first-order chi connectivity index (χ1) is 9.24. The summed E-state index contributed by atoms with van der Waals surface area (Å²) >= 11 is 0. The first-order valence-electron chi connectivity index (χ1n) is 6.93. The van der Waals surface area contributed by atoms with Crippen molar-refractivity contribution in [3.63, 3.8) is 0 Å². The molecule has 1 aromatic rings. The Balaban J connectivity index is 2.05. The lowest BCUT2D eigenvalue weighted by atomic mass is 9.94. The Labute approximate surface area is 114 Å². The fourth-order valence-corrected chi connectivity index (χ4v) is 2.68. The van der Waals surface area contributed by atoms with Crippen molar-refractivity contribution < 1.29 is 9.90 Å². The number of hydrogen-bond acceptors (Lipinski definition) is 3. The molecule has 0 radical (unpaired) electrons. The zero-order chi connectivity index (χ0) is 13.7. The zero-order valence-corrected chi connectivity index (χ0v) is 11.2. The average Bonchev–Trinajstić information content (AvgIpc) is 2.47. The predicted octanol–water partition coefficient (Wildman–Crippen LogP) is 1.38. The van der Waals surface area contributed by atoms with Crippen LogP contribution in [-0.2, 0) is 6.54 Å². The minimum absolute atomic E-state index is 0.0814. The third-order valence-electron chi connectivity index (χ3n) is 3.75. The van der Waals surface area contributed by atoms with Crippen LogP contribution in [0.3, 0.4) is 0 Å². The predicted molar refractivity (Wildman–Crippen MR) is 74.7 cm³/mol. The zero-order valence-electron chi connectivity index (χ0n) is 11.2. The van der Waals surface area contributed by atoms with Gasteiger partial charge < -0.3 is 15.7 Å². The van der Waals surface area contributed by atoms with Crippen molar-refractivity contribution in [3.8, 4) is 0 Å². The molecule has 1 amide bonds. The number of amides is 1. The number of nitrogens with two attached hydrogens (primary N) is 1. The third kappa shape index (κ3) is 3.55. The van der Waals surface area contributed by atoms with Gasteiger partial charge in [-0.1, -0.05) is 12.1 Å². The molecule has 4 heteroatoms. The maximum atomic E-state index is 12.4. The maximum absolute atomic E-state index is 12.4. The summed E-state index contributed by atoms with van der Waals surface area (Å²) in [4.78, 5) is 14.3. The molecule has 1 aromatic carbocycles. The topological polar surface area (TPSA) is 66.6 Å². The van der Waals surface area contributed by atoms with Gasteiger partial charge in [-0.05, 0) is 42.9 Å². The molecule has 104 valence electrons. The fraction of sp³-hybridized carbons (Fsp3) is 0.533. The summed E-state index contributed by atoms with van der Waals surface area (Å²) < 4.78 is 0. The van der Waals surface area contributed by atoms with Gasteiger partial charge in [0.2, 0.25) is 0 Å². The monoisotopic (exact) mass is 262 g/mol. The molecule has 1 unspecified atom stereocenters. The van der Waals surface area contributed by atoms with Gasteiger partial charge in [-0.15, -0.1) is 0 Å². The smallest absolute Gasteiger partial charge is 0.253 e. The van der Waals surface area contributed by atoms with Crippen LogP contribution in [0.2, 0.25) is 0 Å². The second-order valence-corrected chi connectivity index (χ2v) is 5.18. The van der Waals surface area contributed by atoms with E-state index in [9.17, 15) is 4.79 Å². The molecular formula is C15H22N2O2. The number of nitrogens with zero attached hydrogens (tertiary/aromatic N) is 1. The van der Waals surface area contributed by atoms with Crippen LogP contribution in [0.5, 0.6) is 0 Å². The minimum atomic E-state index is 0.0814. The number of benzene rings is 1. The number of carbonyl (C=O) groups is 1. The first kappa shape index (κ1) is 14.0. The summed E-state index contributed by atoms with van der Waals surface area (Å²) in [5.41, 5.74) is 7.30. The van der Waals surface area contributed by atoms with Crippen LogP contribution in [0.4, 0.5) is 0 Å². The Kier molecular flexibility index (Phi) is 4.93. The van der Waals surface area contributed by atoms with Crippen molar-refractivity contribution in [1.82, 2.24) is 4.90 Å². The normalized spacial score (nSPS) is 19.5. The van der Waals surface area contributed by atoms with Crippen molar-refractivity contribution >= 4 is 5.91 Å². The van der Waals surface area contributed by atoms with Crippen molar-refractivity contribution in [1.29, 1.82) is 0 Å². The minimum Gasteiger partial charge on any atom is -0.396 e. The van der Waals surface area contributed by atoms with Crippen molar-refractivity contribution in [2.24, 2.45) is 11.7 Å². The van der Waals surface area contributed by atoms with Crippen molar-refractivity contribution in [2.45, 2.75) is 25.8 Å². The second kappa shape index (κ2) is 6.68. The van der Waals surface area contributed by atoms with E-state index < -0.39 is 0 Å². The molecule has 1 atom stereocenters. The number of likely N-dealkylation sites (tertiary alicyclic amines) is 1. The molecule has 1 heterocycles. The van der Waals surface area contributed by atoms with Gasteiger partial charge >= 0.3 is 0 Å². The van der Waals surface area contributed by atoms with Gasteiger partial charge in [0.25, 0.3) is 5.91 Å². The highest BCUT2D eigenvalue weighted by atomic mass is 16.3. The molecule has 0 aliphatic carbocycles. The summed E-state index contributed by atoms with van der Waals surface area (Å²) in [5, 5.41) is 9.01. The average molecular weight is 262 g/mol. The van der Waals surface area contributed by atoms with Crippen molar-refractivity contribution in [2.75, 3.05) is 19.7 Å². The van der Waals surface area contributed by atoms with Gasteiger partial charge in [-0.25, -0.2) is 0 Å². The van der Waals surface area contributed by atoms with Crippen LogP contribution >= 0.6 is 0 Å². The number of carbonyl (C=O) groups excluding carboxylic acids is 1. The summed E-state index contributed by atoms with van der Waals surface area (Å²) in [5.74, 6) is 0.512. The number of rotatable bonds is 4. The maximum Gasteiger partial charge on any atom is 0.253 e. The van der Waals surface area contributed by atoms with Crippen LogP contribution in [-0.4, -0.2) is 35.6 Å². The Morgan fingerprint density at radius 1 is 1.47 bits per heavy atom. The summed E-state index contributed by atoms with van der Waals surface area (Å²) in [6.45, 7) is 2.23. The number of hydrogen-bond donors (Lipinski definition) is 2. The van der Waals surface area contributed by atoms with Crippen LogP contribution in [0.15, 0.2) is 24.3 Å². The van der Waals surface area contributed by atoms with Gasteiger partial charge in [0.05, 0.1) is 0 Å². The van der Waals surface area contributed by atoms with Crippen LogP contribution < -0.4 is 5.73 Å². The molecule has 0 saturated carbocycles. The molecule has 2 rings (SSSR count). The van der Waals surface area contributed by atoms with Crippen LogP contribution in [0, 0.1) is 5.92 Å². The van der Waals surface area contributed by atoms with Gasteiger partial charge in [-0.3, -0.25) is 4.79 Å². The number of aliphatic hydroxyl groups excluding tert-OH is 1. The van der Waals surface area contributed by atoms with E-state index in [-0.39, 0.29) is 12.5 Å². The summed E-state index contributed by atoms with van der Waals surface area (Å²) in [6.07, 6.45) is 2.91. The highest BCUT2D eigenvalue weighted by Crippen LogP contribution is 2.21. The molecule has 3 N–H and O–H groups in total. The molecular weight excluding hydrogens is 240 g/mol. The quantitative estimate of drug-likeness (QED) is 0.861. The Hall–Kier alpha value is -1.39. The summed E-state index contributed by atoms with van der Waals surface area (Å²) in [6, 6.07) is 7.53. The molecule has 1 saturated heterocycles. The van der Waals surface area contributed by atoms with E-state index in [1.165, 1.54) is 0 Å². The molecule has 1 aliphatic rings. The largest absolute Gasteiger partial charge is 0.396 e. The lowest BCUT2D eigenvalue weighted by Crippen LogP contribution is -2.40. The molecule has 4 nitrogen and oxygen atoms in total. The lowest BCUT2D eigenvalue weighted by molar-refractivity contribution is 0.0653. The van der Waals surface area contributed by atoms with Gasteiger partial charge in [0, 0.05) is 31.8 Å². The molecule has 0 aromatic heterocycles.